The highest BCUT2D eigenvalue weighted by atomic mass is 32.1. The molecule has 0 N–H and O–H groups in total. The fourth-order valence-electron chi connectivity index (χ4n) is 3.39. The third-order valence-corrected chi connectivity index (χ3v) is 6.13. The second-order valence-electron chi connectivity index (χ2n) is 6.69. The zero-order valence-corrected chi connectivity index (χ0v) is 15.1. The number of rotatable bonds is 2. The van der Waals surface area contributed by atoms with Crippen molar-refractivity contribution in [2.45, 2.75) is 19.9 Å². The van der Waals surface area contributed by atoms with Crippen LogP contribution < -0.4 is 10.5 Å². The monoisotopic (exact) mass is 342 g/mol. The van der Waals surface area contributed by atoms with Gasteiger partial charge in [0.2, 0.25) is 0 Å². The molecular formula is C18H22N4OS. The van der Waals surface area contributed by atoms with Crippen molar-refractivity contribution in [1.82, 2.24) is 14.5 Å². The Morgan fingerprint density at radius 3 is 2.54 bits per heavy atom. The van der Waals surface area contributed by atoms with Crippen molar-refractivity contribution in [2.24, 2.45) is 7.05 Å². The highest BCUT2D eigenvalue weighted by molar-refractivity contribution is 7.23. The van der Waals surface area contributed by atoms with Crippen LogP contribution in [0.15, 0.2) is 29.1 Å². The summed E-state index contributed by atoms with van der Waals surface area (Å²) in [7, 11) is 1.82. The molecule has 0 unspecified atom stereocenters. The average molecular weight is 342 g/mol. The SMILES string of the molecule is CC(C)N1CCN(c2nc3ccc4c(ccc(=O)n4C)c3s2)CC1. The van der Waals surface area contributed by atoms with Gasteiger partial charge in [0.1, 0.15) is 0 Å². The number of hydrogen-bond donors (Lipinski definition) is 0. The fourth-order valence-corrected chi connectivity index (χ4v) is 4.53. The van der Waals surface area contributed by atoms with Gasteiger partial charge in [-0.2, -0.15) is 0 Å². The third kappa shape index (κ3) is 2.50. The van der Waals surface area contributed by atoms with E-state index in [-0.39, 0.29) is 5.56 Å². The number of aryl methyl sites for hydroxylation is 1. The number of anilines is 1. The van der Waals surface area contributed by atoms with Crippen LogP contribution in [0, 0.1) is 0 Å². The Labute approximate surface area is 145 Å². The van der Waals surface area contributed by atoms with Gasteiger partial charge in [0.25, 0.3) is 5.56 Å². The molecule has 1 fully saturated rings. The van der Waals surface area contributed by atoms with Crippen LogP contribution in [-0.2, 0) is 7.05 Å². The summed E-state index contributed by atoms with van der Waals surface area (Å²) in [6.07, 6.45) is 0. The fraction of sp³-hybridized carbons (Fsp3) is 0.444. The highest BCUT2D eigenvalue weighted by Gasteiger charge is 2.21. The first-order valence-electron chi connectivity index (χ1n) is 8.43. The maximum Gasteiger partial charge on any atom is 0.250 e. The molecule has 6 heteroatoms. The Kier molecular flexibility index (Phi) is 3.81. The largest absolute Gasteiger partial charge is 0.345 e. The van der Waals surface area contributed by atoms with Crippen LogP contribution in [-0.4, -0.2) is 46.7 Å². The number of nitrogens with zero attached hydrogens (tertiary/aromatic N) is 4. The first kappa shape index (κ1) is 15.6. The summed E-state index contributed by atoms with van der Waals surface area (Å²) in [6, 6.07) is 8.20. The van der Waals surface area contributed by atoms with Gasteiger partial charge in [-0.1, -0.05) is 11.3 Å². The van der Waals surface area contributed by atoms with Gasteiger partial charge in [0.15, 0.2) is 5.13 Å². The van der Waals surface area contributed by atoms with E-state index in [0.29, 0.717) is 6.04 Å². The van der Waals surface area contributed by atoms with Crippen LogP contribution in [0.25, 0.3) is 21.1 Å². The minimum Gasteiger partial charge on any atom is -0.345 e. The molecule has 0 radical (unpaired) electrons. The second kappa shape index (κ2) is 5.86. The Morgan fingerprint density at radius 2 is 1.83 bits per heavy atom. The molecule has 1 aliphatic rings. The van der Waals surface area contributed by atoms with E-state index in [1.54, 1.807) is 22.0 Å². The van der Waals surface area contributed by atoms with Gasteiger partial charge >= 0.3 is 0 Å². The topological polar surface area (TPSA) is 41.4 Å². The van der Waals surface area contributed by atoms with Gasteiger partial charge in [-0.15, -0.1) is 0 Å². The van der Waals surface area contributed by atoms with E-state index < -0.39 is 0 Å². The van der Waals surface area contributed by atoms with E-state index in [9.17, 15) is 4.79 Å². The smallest absolute Gasteiger partial charge is 0.250 e. The molecule has 1 aliphatic heterocycles. The number of fused-ring (bicyclic) bond motifs is 3. The molecule has 126 valence electrons. The average Bonchev–Trinajstić information content (AvgIpc) is 3.02. The van der Waals surface area contributed by atoms with Crippen LogP contribution in [0.2, 0.25) is 0 Å². The summed E-state index contributed by atoms with van der Waals surface area (Å²) in [5, 5.41) is 2.20. The van der Waals surface area contributed by atoms with Crippen molar-refractivity contribution in [3.8, 4) is 0 Å². The summed E-state index contributed by atoms with van der Waals surface area (Å²) in [4.78, 5) is 21.6. The van der Waals surface area contributed by atoms with Crippen LogP contribution in [0.4, 0.5) is 5.13 Å². The zero-order valence-electron chi connectivity index (χ0n) is 14.3. The number of thiazole rings is 1. The molecule has 0 aliphatic carbocycles. The van der Waals surface area contributed by atoms with Crippen LogP contribution in [0.5, 0.6) is 0 Å². The lowest BCUT2D eigenvalue weighted by atomic mass is 10.2. The number of hydrogen-bond acceptors (Lipinski definition) is 5. The van der Waals surface area contributed by atoms with E-state index in [4.69, 9.17) is 4.98 Å². The van der Waals surface area contributed by atoms with E-state index in [1.807, 2.05) is 25.2 Å². The maximum absolute atomic E-state index is 11.8. The lowest BCUT2D eigenvalue weighted by Gasteiger charge is -2.36. The van der Waals surface area contributed by atoms with Gasteiger partial charge in [0, 0.05) is 50.7 Å². The predicted octanol–water partition coefficient (Wildman–Crippen LogP) is 2.68. The summed E-state index contributed by atoms with van der Waals surface area (Å²) < 4.78 is 2.87. The molecule has 1 aromatic carbocycles. The molecule has 4 rings (SSSR count). The molecule has 0 saturated carbocycles. The van der Waals surface area contributed by atoms with Crippen molar-refractivity contribution >= 4 is 37.6 Å². The van der Waals surface area contributed by atoms with Crippen molar-refractivity contribution in [2.75, 3.05) is 31.1 Å². The number of piperazine rings is 1. The van der Waals surface area contributed by atoms with Crippen molar-refractivity contribution in [1.29, 1.82) is 0 Å². The summed E-state index contributed by atoms with van der Waals surface area (Å²) >= 11 is 1.74. The van der Waals surface area contributed by atoms with Gasteiger partial charge in [0.05, 0.1) is 15.7 Å². The minimum absolute atomic E-state index is 0.0244. The first-order valence-corrected chi connectivity index (χ1v) is 9.24. The predicted molar refractivity (Wildman–Crippen MR) is 101 cm³/mol. The highest BCUT2D eigenvalue weighted by Crippen LogP contribution is 2.34. The minimum atomic E-state index is 0.0244. The molecule has 3 heterocycles. The van der Waals surface area contributed by atoms with Gasteiger partial charge in [-0.25, -0.2) is 4.98 Å². The molecule has 0 bridgehead atoms. The molecule has 2 aromatic heterocycles. The molecule has 0 amide bonds. The molecule has 0 atom stereocenters. The van der Waals surface area contributed by atoms with E-state index in [1.165, 1.54) is 4.70 Å². The first-order chi connectivity index (χ1) is 11.5. The quantitative estimate of drug-likeness (QED) is 0.718. The molecule has 24 heavy (non-hydrogen) atoms. The lowest BCUT2D eigenvalue weighted by Crippen LogP contribution is -2.48. The molecule has 3 aromatic rings. The van der Waals surface area contributed by atoms with Gasteiger partial charge < -0.3 is 9.47 Å². The van der Waals surface area contributed by atoms with Crippen LogP contribution in [0.3, 0.4) is 0 Å². The standard InChI is InChI=1S/C18H22N4OS/c1-12(2)21-8-10-22(11-9-21)18-19-14-5-6-15-13(17(14)24-18)4-7-16(23)20(15)3/h4-7,12H,8-11H2,1-3H3. The summed E-state index contributed by atoms with van der Waals surface area (Å²) in [6.45, 7) is 8.72. The van der Waals surface area contributed by atoms with E-state index in [2.05, 4.69) is 23.6 Å². The van der Waals surface area contributed by atoms with Gasteiger partial charge in [-0.3, -0.25) is 9.69 Å². The Balaban J connectivity index is 1.73. The van der Waals surface area contributed by atoms with E-state index >= 15 is 0 Å². The van der Waals surface area contributed by atoms with Crippen molar-refractivity contribution in [3.63, 3.8) is 0 Å². The van der Waals surface area contributed by atoms with E-state index in [0.717, 1.165) is 47.7 Å². The van der Waals surface area contributed by atoms with Crippen LogP contribution in [0.1, 0.15) is 13.8 Å². The zero-order chi connectivity index (χ0) is 16.8. The Bertz CT molecular complexity index is 951. The number of pyridine rings is 1. The summed E-state index contributed by atoms with van der Waals surface area (Å²) in [5.41, 5.74) is 2.01. The molecule has 0 spiro atoms. The normalized spacial score (nSPS) is 16.6. The van der Waals surface area contributed by atoms with Crippen molar-refractivity contribution in [3.05, 3.63) is 34.6 Å². The molecular weight excluding hydrogens is 320 g/mol. The second-order valence-corrected chi connectivity index (χ2v) is 7.67. The molecule has 5 nitrogen and oxygen atoms in total. The lowest BCUT2D eigenvalue weighted by molar-refractivity contribution is 0.209. The Morgan fingerprint density at radius 1 is 1.08 bits per heavy atom. The maximum atomic E-state index is 11.8. The third-order valence-electron chi connectivity index (χ3n) is 4.96. The van der Waals surface area contributed by atoms with Gasteiger partial charge in [-0.05, 0) is 32.0 Å². The molecule has 1 saturated heterocycles. The number of benzene rings is 1. The Hall–Kier alpha value is -1.92. The summed E-state index contributed by atoms with van der Waals surface area (Å²) in [5.74, 6) is 0. The number of aromatic nitrogens is 2. The van der Waals surface area contributed by atoms with Crippen LogP contribution >= 0.6 is 11.3 Å². The van der Waals surface area contributed by atoms with Crippen molar-refractivity contribution < 1.29 is 0 Å².